The first kappa shape index (κ1) is 19.7. The van der Waals surface area contributed by atoms with Gasteiger partial charge in [0.25, 0.3) is 0 Å². The summed E-state index contributed by atoms with van der Waals surface area (Å²) >= 11 is 0. The van der Waals surface area contributed by atoms with Crippen molar-refractivity contribution in [2.75, 3.05) is 19.4 Å². The molecule has 0 saturated carbocycles. The zero-order valence-corrected chi connectivity index (χ0v) is 16.1. The Morgan fingerprint density at radius 1 is 0.960 bits per heavy atom. The van der Waals surface area contributed by atoms with Crippen LogP contribution in [0.2, 0.25) is 0 Å². The molecule has 0 spiro atoms. The first-order valence-electron chi connectivity index (χ1n) is 8.71. The first-order chi connectivity index (χ1) is 12.1. The number of hydrogen-bond donors (Lipinski definition) is 0. The van der Waals surface area contributed by atoms with Crippen LogP contribution in [0.4, 0.5) is 0 Å². The molecule has 0 saturated heterocycles. The summed E-state index contributed by atoms with van der Waals surface area (Å²) in [6, 6.07) is 18.0. The molecule has 4 nitrogen and oxygen atoms in total. The van der Waals surface area contributed by atoms with E-state index in [1.807, 2.05) is 75.4 Å². The third kappa shape index (κ3) is 6.32. The van der Waals surface area contributed by atoms with Gasteiger partial charge in [0.15, 0.2) is 0 Å². The molecule has 2 aromatic carbocycles. The maximum absolute atomic E-state index is 12.7. The fourth-order valence-electron chi connectivity index (χ4n) is 2.63. The SMILES string of the molecule is CCOP(=O)(C[C@H](C)c1cccc(OCc2ccccc2)c1)OCC. The van der Waals surface area contributed by atoms with E-state index in [4.69, 9.17) is 13.8 Å². The standard InChI is InChI=1S/C20H27O4P/c1-4-23-25(21,24-5-2)16-17(3)19-12-9-13-20(14-19)22-15-18-10-7-6-8-11-18/h6-14,17H,4-5,15-16H2,1-3H3/t17-/m0/s1. The van der Waals surface area contributed by atoms with E-state index in [9.17, 15) is 4.57 Å². The molecule has 0 aliphatic heterocycles. The lowest BCUT2D eigenvalue weighted by Gasteiger charge is -2.21. The van der Waals surface area contributed by atoms with E-state index in [-0.39, 0.29) is 5.92 Å². The Morgan fingerprint density at radius 2 is 1.64 bits per heavy atom. The molecule has 0 heterocycles. The fourth-order valence-corrected chi connectivity index (χ4v) is 4.58. The number of ether oxygens (including phenoxy) is 1. The highest BCUT2D eigenvalue weighted by atomic mass is 31.2. The van der Waals surface area contributed by atoms with Crippen LogP contribution in [0, 0.1) is 0 Å². The van der Waals surface area contributed by atoms with Crippen molar-refractivity contribution in [2.24, 2.45) is 0 Å². The Morgan fingerprint density at radius 3 is 2.28 bits per heavy atom. The quantitative estimate of drug-likeness (QED) is 0.514. The molecule has 0 amide bonds. The van der Waals surface area contributed by atoms with Crippen LogP contribution in [0.25, 0.3) is 0 Å². The molecular weight excluding hydrogens is 335 g/mol. The van der Waals surface area contributed by atoms with Crippen LogP contribution in [0.1, 0.15) is 37.8 Å². The highest BCUT2D eigenvalue weighted by molar-refractivity contribution is 7.53. The van der Waals surface area contributed by atoms with E-state index in [0.717, 1.165) is 16.9 Å². The van der Waals surface area contributed by atoms with Gasteiger partial charge in [0.2, 0.25) is 0 Å². The van der Waals surface area contributed by atoms with Gasteiger partial charge in [-0.25, -0.2) is 0 Å². The molecule has 0 bridgehead atoms. The average Bonchev–Trinajstić information content (AvgIpc) is 2.61. The van der Waals surface area contributed by atoms with Gasteiger partial charge in [0, 0.05) is 0 Å². The predicted molar refractivity (Wildman–Crippen MR) is 101 cm³/mol. The summed E-state index contributed by atoms with van der Waals surface area (Å²) in [4.78, 5) is 0. The van der Waals surface area contributed by atoms with E-state index in [0.29, 0.717) is 26.0 Å². The van der Waals surface area contributed by atoms with Crippen molar-refractivity contribution in [3.63, 3.8) is 0 Å². The first-order valence-corrected chi connectivity index (χ1v) is 10.4. The Labute approximate surface area is 150 Å². The van der Waals surface area contributed by atoms with Crippen molar-refractivity contribution >= 4 is 7.60 Å². The average molecular weight is 362 g/mol. The van der Waals surface area contributed by atoms with Crippen LogP contribution in [0.5, 0.6) is 5.75 Å². The molecule has 1 atom stereocenters. The zero-order chi connectivity index (χ0) is 18.1. The second kappa shape index (κ2) is 9.76. The lowest BCUT2D eigenvalue weighted by atomic mass is 10.0. The molecule has 0 aliphatic rings. The summed E-state index contributed by atoms with van der Waals surface area (Å²) in [5, 5.41) is 0. The van der Waals surface area contributed by atoms with Gasteiger partial charge in [-0.3, -0.25) is 4.57 Å². The molecule has 0 aliphatic carbocycles. The summed E-state index contributed by atoms with van der Waals surface area (Å²) in [6.07, 6.45) is 0.358. The van der Waals surface area contributed by atoms with Crippen LogP contribution in [-0.2, 0) is 20.2 Å². The molecule has 0 unspecified atom stereocenters. The molecule has 0 fully saturated rings. The minimum atomic E-state index is -3.06. The third-order valence-electron chi connectivity index (χ3n) is 3.82. The van der Waals surface area contributed by atoms with Crippen LogP contribution in [-0.4, -0.2) is 19.4 Å². The largest absolute Gasteiger partial charge is 0.489 e. The number of rotatable bonds is 10. The van der Waals surface area contributed by atoms with Crippen molar-refractivity contribution in [2.45, 2.75) is 33.3 Å². The van der Waals surface area contributed by atoms with Gasteiger partial charge >= 0.3 is 7.60 Å². The van der Waals surface area contributed by atoms with Gasteiger partial charge < -0.3 is 13.8 Å². The van der Waals surface area contributed by atoms with Gasteiger partial charge in [-0.2, -0.15) is 0 Å². The lowest BCUT2D eigenvalue weighted by molar-refractivity contribution is 0.219. The lowest BCUT2D eigenvalue weighted by Crippen LogP contribution is -2.07. The smallest absolute Gasteiger partial charge is 0.331 e. The predicted octanol–water partition coefficient (Wildman–Crippen LogP) is 5.64. The Bertz CT molecular complexity index is 677. The van der Waals surface area contributed by atoms with E-state index in [2.05, 4.69) is 0 Å². The van der Waals surface area contributed by atoms with Crippen molar-refractivity contribution < 1.29 is 18.3 Å². The molecule has 2 aromatic rings. The van der Waals surface area contributed by atoms with Gasteiger partial charge in [-0.15, -0.1) is 0 Å². The minimum Gasteiger partial charge on any atom is -0.489 e. The van der Waals surface area contributed by atoms with Crippen LogP contribution in [0.3, 0.4) is 0 Å². The van der Waals surface area contributed by atoms with E-state index < -0.39 is 7.60 Å². The molecule has 0 aromatic heterocycles. The van der Waals surface area contributed by atoms with Gasteiger partial charge in [0.05, 0.1) is 19.4 Å². The number of benzene rings is 2. The summed E-state index contributed by atoms with van der Waals surface area (Å²) in [6.45, 7) is 6.97. The van der Waals surface area contributed by atoms with Crippen LogP contribution < -0.4 is 4.74 Å². The molecule has 136 valence electrons. The molecule has 25 heavy (non-hydrogen) atoms. The van der Waals surface area contributed by atoms with Crippen LogP contribution in [0.15, 0.2) is 54.6 Å². The highest BCUT2D eigenvalue weighted by Crippen LogP contribution is 2.51. The fraction of sp³-hybridized carbons (Fsp3) is 0.400. The maximum Gasteiger partial charge on any atom is 0.331 e. The third-order valence-corrected chi connectivity index (χ3v) is 6.12. The highest BCUT2D eigenvalue weighted by Gasteiger charge is 2.27. The topological polar surface area (TPSA) is 44.8 Å². The van der Waals surface area contributed by atoms with E-state index in [1.165, 1.54) is 0 Å². The molecular formula is C20H27O4P. The normalized spacial score (nSPS) is 12.8. The summed E-state index contributed by atoms with van der Waals surface area (Å²) in [5.74, 6) is 0.847. The van der Waals surface area contributed by atoms with Gasteiger partial charge in [-0.1, -0.05) is 49.4 Å². The van der Waals surface area contributed by atoms with Gasteiger partial charge in [0.1, 0.15) is 12.4 Å². The second-order valence-corrected chi connectivity index (χ2v) is 7.98. The summed E-state index contributed by atoms with van der Waals surface area (Å²) < 4.78 is 29.4. The summed E-state index contributed by atoms with van der Waals surface area (Å²) in [5.41, 5.74) is 2.18. The van der Waals surface area contributed by atoms with Gasteiger partial charge in [-0.05, 0) is 43.0 Å². The number of hydrogen-bond acceptors (Lipinski definition) is 4. The van der Waals surface area contributed by atoms with E-state index >= 15 is 0 Å². The van der Waals surface area contributed by atoms with Crippen molar-refractivity contribution in [3.8, 4) is 5.75 Å². The molecule has 5 heteroatoms. The Hall–Kier alpha value is -1.61. The Balaban J connectivity index is 2.02. The van der Waals surface area contributed by atoms with Crippen LogP contribution >= 0.6 is 7.60 Å². The monoisotopic (exact) mass is 362 g/mol. The molecule has 0 radical (unpaired) electrons. The second-order valence-electron chi connectivity index (χ2n) is 5.88. The van der Waals surface area contributed by atoms with E-state index in [1.54, 1.807) is 0 Å². The molecule has 2 rings (SSSR count). The maximum atomic E-state index is 12.7. The zero-order valence-electron chi connectivity index (χ0n) is 15.2. The Kier molecular flexibility index (Phi) is 7.70. The van der Waals surface area contributed by atoms with Crippen molar-refractivity contribution in [1.29, 1.82) is 0 Å². The molecule has 0 N–H and O–H groups in total. The van der Waals surface area contributed by atoms with Crippen molar-refractivity contribution in [3.05, 3.63) is 65.7 Å². The summed E-state index contributed by atoms with van der Waals surface area (Å²) in [7, 11) is -3.06. The minimum absolute atomic E-state index is 0.0456. The van der Waals surface area contributed by atoms with Crippen molar-refractivity contribution in [1.82, 2.24) is 0 Å².